The van der Waals surface area contributed by atoms with Crippen molar-refractivity contribution in [1.29, 1.82) is 0 Å². The maximum absolute atomic E-state index is 12.1. The summed E-state index contributed by atoms with van der Waals surface area (Å²) in [7, 11) is 0. The molecule has 1 fully saturated rings. The van der Waals surface area contributed by atoms with Gasteiger partial charge in [-0.3, -0.25) is 9.69 Å². The molecule has 5 nitrogen and oxygen atoms in total. The Morgan fingerprint density at radius 1 is 1.23 bits per heavy atom. The Morgan fingerprint density at radius 2 is 2.05 bits per heavy atom. The van der Waals surface area contributed by atoms with Gasteiger partial charge in [0.05, 0.1) is 13.2 Å². The van der Waals surface area contributed by atoms with Gasteiger partial charge in [0.15, 0.2) is 0 Å². The number of amides is 1. The average molecular weight is 306 g/mol. The molecule has 0 aliphatic carbocycles. The van der Waals surface area contributed by atoms with Crippen molar-refractivity contribution in [2.24, 2.45) is 0 Å². The van der Waals surface area contributed by atoms with E-state index in [4.69, 9.17) is 9.47 Å². The third-order valence-corrected chi connectivity index (χ3v) is 3.63. The molecular weight excluding hydrogens is 280 g/mol. The fourth-order valence-corrected chi connectivity index (χ4v) is 2.55. The number of anilines is 1. The molecule has 0 unspecified atom stereocenters. The minimum atomic E-state index is 0.0355. The topological polar surface area (TPSA) is 50.8 Å². The molecular formula is C17H26N2O3. The Morgan fingerprint density at radius 3 is 2.82 bits per heavy atom. The summed E-state index contributed by atoms with van der Waals surface area (Å²) >= 11 is 0. The second kappa shape index (κ2) is 9.43. The predicted molar refractivity (Wildman–Crippen MR) is 87.4 cm³/mol. The van der Waals surface area contributed by atoms with Gasteiger partial charge in [0.1, 0.15) is 12.4 Å². The van der Waals surface area contributed by atoms with Gasteiger partial charge in [0.2, 0.25) is 5.91 Å². The number of likely N-dealkylation sites (tertiary alicyclic amines) is 1. The number of carbonyl (C=O) groups excluding carboxylic acids is 1. The van der Waals surface area contributed by atoms with Crippen molar-refractivity contribution in [1.82, 2.24) is 4.90 Å². The molecule has 1 aromatic carbocycles. The molecule has 0 saturated carbocycles. The summed E-state index contributed by atoms with van der Waals surface area (Å²) in [4.78, 5) is 14.3. The monoisotopic (exact) mass is 306 g/mol. The van der Waals surface area contributed by atoms with Gasteiger partial charge < -0.3 is 14.8 Å². The second-order valence-electron chi connectivity index (χ2n) is 5.46. The molecule has 0 atom stereocenters. The van der Waals surface area contributed by atoms with E-state index in [1.807, 2.05) is 31.2 Å². The van der Waals surface area contributed by atoms with Crippen LogP contribution in [0.1, 0.15) is 26.2 Å². The highest BCUT2D eigenvalue weighted by atomic mass is 16.5. The van der Waals surface area contributed by atoms with Crippen molar-refractivity contribution in [3.8, 4) is 5.75 Å². The van der Waals surface area contributed by atoms with Gasteiger partial charge in [-0.05, 0) is 45.0 Å². The van der Waals surface area contributed by atoms with Crippen LogP contribution in [0.3, 0.4) is 0 Å². The van der Waals surface area contributed by atoms with Crippen LogP contribution in [0.15, 0.2) is 24.3 Å². The van der Waals surface area contributed by atoms with E-state index in [9.17, 15) is 4.79 Å². The van der Waals surface area contributed by atoms with E-state index < -0.39 is 0 Å². The minimum absolute atomic E-state index is 0.0355. The molecule has 5 heteroatoms. The molecule has 1 N–H and O–H groups in total. The number of hydrogen-bond donors (Lipinski definition) is 1. The molecule has 22 heavy (non-hydrogen) atoms. The van der Waals surface area contributed by atoms with Gasteiger partial charge >= 0.3 is 0 Å². The lowest BCUT2D eigenvalue weighted by Gasteiger charge is -2.25. The Kier molecular flexibility index (Phi) is 7.19. The first-order chi connectivity index (χ1) is 10.8. The molecule has 2 rings (SSSR count). The van der Waals surface area contributed by atoms with E-state index in [1.54, 1.807) is 0 Å². The SMILES string of the molecule is CCOCCOc1cccc(NC(=O)CN2CCCCC2)c1. The van der Waals surface area contributed by atoms with Crippen molar-refractivity contribution in [2.75, 3.05) is 44.8 Å². The zero-order valence-corrected chi connectivity index (χ0v) is 13.3. The molecule has 1 aliphatic heterocycles. The molecule has 1 saturated heterocycles. The zero-order chi connectivity index (χ0) is 15.6. The Hall–Kier alpha value is -1.59. The van der Waals surface area contributed by atoms with Gasteiger partial charge in [0, 0.05) is 18.4 Å². The Balaban J connectivity index is 1.77. The van der Waals surface area contributed by atoms with Gasteiger partial charge in [-0.25, -0.2) is 0 Å². The molecule has 1 aromatic rings. The number of ether oxygens (including phenoxy) is 2. The fourth-order valence-electron chi connectivity index (χ4n) is 2.55. The van der Waals surface area contributed by atoms with Crippen LogP contribution in [0.25, 0.3) is 0 Å². The first-order valence-electron chi connectivity index (χ1n) is 8.10. The van der Waals surface area contributed by atoms with Crippen molar-refractivity contribution in [2.45, 2.75) is 26.2 Å². The highest BCUT2D eigenvalue weighted by molar-refractivity contribution is 5.92. The summed E-state index contributed by atoms with van der Waals surface area (Å²) in [6, 6.07) is 7.49. The van der Waals surface area contributed by atoms with Crippen molar-refractivity contribution in [3.05, 3.63) is 24.3 Å². The molecule has 0 bridgehead atoms. The lowest BCUT2D eigenvalue weighted by Crippen LogP contribution is -2.36. The highest BCUT2D eigenvalue weighted by Gasteiger charge is 2.13. The van der Waals surface area contributed by atoms with Crippen molar-refractivity contribution >= 4 is 11.6 Å². The highest BCUT2D eigenvalue weighted by Crippen LogP contribution is 2.17. The van der Waals surface area contributed by atoms with E-state index in [-0.39, 0.29) is 5.91 Å². The van der Waals surface area contributed by atoms with Crippen LogP contribution in [0.5, 0.6) is 5.75 Å². The van der Waals surface area contributed by atoms with Gasteiger partial charge in [0.25, 0.3) is 0 Å². The van der Waals surface area contributed by atoms with Crippen LogP contribution in [0.2, 0.25) is 0 Å². The zero-order valence-electron chi connectivity index (χ0n) is 13.3. The van der Waals surface area contributed by atoms with E-state index in [0.717, 1.165) is 24.5 Å². The number of benzene rings is 1. The number of carbonyl (C=O) groups is 1. The Labute approximate surface area is 132 Å². The van der Waals surface area contributed by atoms with Crippen molar-refractivity contribution < 1.29 is 14.3 Å². The van der Waals surface area contributed by atoms with Gasteiger partial charge in [-0.2, -0.15) is 0 Å². The third-order valence-electron chi connectivity index (χ3n) is 3.63. The van der Waals surface area contributed by atoms with E-state index in [0.29, 0.717) is 26.4 Å². The quantitative estimate of drug-likeness (QED) is 0.750. The average Bonchev–Trinajstić information content (AvgIpc) is 2.53. The summed E-state index contributed by atoms with van der Waals surface area (Å²) in [5, 5.41) is 2.94. The minimum Gasteiger partial charge on any atom is -0.491 e. The first kappa shape index (κ1) is 16.8. The van der Waals surface area contributed by atoms with E-state index >= 15 is 0 Å². The number of rotatable bonds is 8. The normalized spacial score (nSPS) is 15.5. The number of hydrogen-bond acceptors (Lipinski definition) is 4. The van der Waals surface area contributed by atoms with Crippen molar-refractivity contribution in [3.63, 3.8) is 0 Å². The first-order valence-corrected chi connectivity index (χ1v) is 8.10. The number of nitrogens with one attached hydrogen (secondary N) is 1. The molecule has 0 spiro atoms. The third kappa shape index (κ3) is 6.03. The van der Waals surface area contributed by atoms with Gasteiger partial charge in [-0.15, -0.1) is 0 Å². The number of piperidine rings is 1. The summed E-state index contributed by atoms with van der Waals surface area (Å²) in [5.74, 6) is 0.781. The molecule has 0 aromatic heterocycles. The maximum atomic E-state index is 12.1. The number of nitrogens with zero attached hydrogens (tertiary/aromatic N) is 1. The summed E-state index contributed by atoms with van der Waals surface area (Å²) in [6.45, 7) is 6.24. The lowest BCUT2D eigenvalue weighted by atomic mass is 10.1. The molecule has 122 valence electrons. The van der Waals surface area contributed by atoms with Crippen LogP contribution in [-0.4, -0.2) is 50.3 Å². The van der Waals surface area contributed by atoms with Crippen LogP contribution < -0.4 is 10.1 Å². The second-order valence-corrected chi connectivity index (χ2v) is 5.46. The predicted octanol–water partition coefficient (Wildman–Crippen LogP) is 2.53. The smallest absolute Gasteiger partial charge is 0.238 e. The fraction of sp³-hybridized carbons (Fsp3) is 0.588. The molecule has 1 aliphatic rings. The summed E-state index contributed by atoms with van der Waals surface area (Å²) < 4.78 is 10.8. The molecule has 1 amide bonds. The standard InChI is InChI=1S/C17H26N2O3/c1-2-21-11-12-22-16-8-6-7-15(13-16)18-17(20)14-19-9-4-3-5-10-19/h6-8,13H,2-5,9-12,14H2,1H3,(H,18,20). The lowest BCUT2D eigenvalue weighted by molar-refractivity contribution is -0.117. The Bertz CT molecular complexity index is 459. The maximum Gasteiger partial charge on any atom is 0.238 e. The summed E-state index contributed by atoms with van der Waals surface area (Å²) in [6.07, 6.45) is 3.66. The molecule has 1 heterocycles. The molecule has 0 radical (unpaired) electrons. The van der Waals surface area contributed by atoms with E-state index in [2.05, 4.69) is 10.2 Å². The largest absolute Gasteiger partial charge is 0.491 e. The van der Waals surface area contributed by atoms with Crippen LogP contribution >= 0.6 is 0 Å². The van der Waals surface area contributed by atoms with E-state index in [1.165, 1.54) is 19.3 Å². The van der Waals surface area contributed by atoms with Gasteiger partial charge in [-0.1, -0.05) is 12.5 Å². The summed E-state index contributed by atoms with van der Waals surface area (Å²) in [5.41, 5.74) is 0.774. The van der Waals surface area contributed by atoms with Crippen LogP contribution in [0, 0.1) is 0 Å². The van der Waals surface area contributed by atoms with Crippen LogP contribution in [0.4, 0.5) is 5.69 Å². The van der Waals surface area contributed by atoms with Crippen LogP contribution in [-0.2, 0) is 9.53 Å².